The van der Waals surface area contributed by atoms with Crippen LogP contribution in [0.2, 0.25) is 0 Å². The Morgan fingerprint density at radius 1 is 0.323 bits per heavy atom. The van der Waals surface area contributed by atoms with E-state index in [1.165, 1.54) is 135 Å². The van der Waals surface area contributed by atoms with Crippen LogP contribution in [0.5, 0.6) is 0 Å². The molecule has 1 unspecified atom stereocenters. The molecule has 0 aromatic carbocycles. The lowest BCUT2D eigenvalue weighted by atomic mass is 10.0. The molecule has 65 heavy (non-hydrogen) atoms. The topological polar surface area (TPSA) is 78.9 Å². The zero-order valence-electron chi connectivity index (χ0n) is 42.7. The summed E-state index contributed by atoms with van der Waals surface area (Å²) in [6.45, 7) is 6.47. The zero-order chi connectivity index (χ0) is 47.2. The number of hydrogen-bond acceptors (Lipinski definition) is 6. The maximum atomic E-state index is 12.8. The summed E-state index contributed by atoms with van der Waals surface area (Å²) < 4.78 is 16.8. The van der Waals surface area contributed by atoms with Crippen LogP contribution < -0.4 is 0 Å². The first-order valence-corrected chi connectivity index (χ1v) is 27.4. The van der Waals surface area contributed by atoms with Crippen molar-refractivity contribution in [2.75, 3.05) is 13.2 Å². The molecule has 0 aliphatic heterocycles. The van der Waals surface area contributed by atoms with Crippen molar-refractivity contribution in [2.45, 2.75) is 271 Å². The summed E-state index contributed by atoms with van der Waals surface area (Å²) in [4.78, 5) is 37.9. The van der Waals surface area contributed by atoms with E-state index in [0.717, 1.165) is 83.5 Å². The summed E-state index contributed by atoms with van der Waals surface area (Å²) in [5.74, 6) is -0.934. The van der Waals surface area contributed by atoms with E-state index in [-0.39, 0.29) is 37.5 Å². The van der Waals surface area contributed by atoms with Gasteiger partial charge in [-0.1, -0.05) is 229 Å². The third-order valence-corrected chi connectivity index (χ3v) is 11.7. The van der Waals surface area contributed by atoms with Crippen LogP contribution in [0.15, 0.2) is 72.9 Å². The second kappa shape index (κ2) is 53.5. The predicted molar refractivity (Wildman–Crippen MR) is 279 cm³/mol. The Kier molecular flexibility index (Phi) is 50.9. The minimum atomic E-state index is -0.795. The van der Waals surface area contributed by atoms with Gasteiger partial charge in [0.1, 0.15) is 13.2 Å². The molecule has 6 heteroatoms. The Labute approximate surface area is 402 Å². The standard InChI is InChI=1S/C59H102O6/c1-4-7-10-13-16-19-21-23-25-26-27-28-29-30-31-32-34-35-37-40-43-46-49-52-58(61)64-55-56(54-63-57(60)51-48-45-42-39-18-15-12-9-6-3)65-59(62)53-50-47-44-41-38-36-33-24-22-20-17-14-11-8-5-2/h8,11,17,20-21,23-24,26-27,33,38,41,56H,4-7,9-10,12-16,18-19,22,25,28-32,34-37,39-40,42-55H2,1-3H3/b11-8-,20-17-,23-21-,27-26-,33-24-,41-38-. The molecule has 6 nitrogen and oxygen atoms in total. The summed E-state index contributed by atoms with van der Waals surface area (Å²) in [7, 11) is 0. The van der Waals surface area contributed by atoms with E-state index in [0.29, 0.717) is 19.3 Å². The summed E-state index contributed by atoms with van der Waals surface area (Å²) >= 11 is 0. The molecule has 0 heterocycles. The van der Waals surface area contributed by atoms with E-state index in [4.69, 9.17) is 14.2 Å². The van der Waals surface area contributed by atoms with E-state index in [1.807, 2.05) is 0 Å². The third kappa shape index (κ3) is 51.7. The van der Waals surface area contributed by atoms with Gasteiger partial charge in [0.25, 0.3) is 0 Å². The van der Waals surface area contributed by atoms with Gasteiger partial charge < -0.3 is 14.2 Å². The first-order chi connectivity index (χ1) is 32.0. The lowest BCUT2D eigenvalue weighted by Crippen LogP contribution is -2.30. The number of carbonyl (C=O) groups excluding carboxylic acids is 3. The molecule has 0 bridgehead atoms. The molecular weight excluding hydrogens is 805 g/mol. The van der Waals surface area contributed by atoms with Crippen LogP contribution in [0.25, 0.3) is 0 Å². The first-order valence-electron chi connectivity index (χ1n) is 27.4. The van der Waals surface area contributed by atoms with Crippen LogP contribution in [-0.2, 0) is 28.6 Å². The van der Waals surface area contributed by atoms with E-state index < -0.39 is 6.10 Å². The number of rotatable bonds is 49. The van der Waals surface area contributed by atoms with Crippen LogP contribution in [0.1, 0.15) is 265 Å². The van der Waals surface area contributed by atoms with Crippen molar-refractivity contribution in [1.82, 2.24) is 0 Å². The summed E-state index contributed by atoms with van der Waals surface area (Å²) in [5.41, 5.74) is 0. The van der Waals surface area contributed by atoms with Crippen molar-refractivity contribution in [3.63, 3.8) is 0 Å². The molecule has 0 amide bonds. The molecule has 0 rings (SSSR count). The van der Waals surface area contributed by atoms with Crippen molar-refractivity contribution in [2.24, 2.45) is 0 Å². The average Bonchev–Trinajstić information content (AvgIpc) is 3.30. The van der Waals surface area contributed by atoms with E-state index in [2.05, 4.69) is 93.7 Å². The largest absolute Gasteiger partial charge is 0.462 e. The summed E-state index contributed by atoms with van der Waals surface area (Å²) in [6, 6.07) is 0. The minimum Gasteiger partial charge on any atom is -0.462 e. The van der Waals surface area contributed by atoms with Crippen molar-refractivity contribution in [3.8, 4) is 0 Å². The molecule has 374 valence electrons. The number of unbranched alkanes of at least 4 members (excludes halogenated alkanes) is 26. The van der Waals surface area contributed by atoms with Crippen molar-refractivity contribution in [1.29, 1.82) is 0 Å². The van der Waals surface area contributed by atoms with E-state index in [1.54, 1.807) is 0 Å². The fraction of sp³-hybridized carbons (Fsp3) is 0.746. The highest BCUT2D eigenvalue weighted by Gasteiger charge is 2.19. The molecule has 0 aromatic rings. The van der Waals surface area contributed by atoms with Crippen LogP contribution >= 0.6 is 0 Å². The molecule has 0 fully saturated rings. The molecule has 0 aliphatic carbocycles. The molecule has 1 atom stereocenters. The normalized spacial score (nSPS) is 12.6. The Morgan fingerprint density at radius 2 is 0.600 bits per heavy atom. The Bertz CT molecular complexity index is 1230. The molecule has 0 radical (unpaired) electrons. The second-order valence-corrected chi connectivity index (χ2v) is 18.1. The average molecular weight is 907 g/mol. The first kappa shape index (κ1) is 61.9. The predicted octanol–water partition coefficient (Wildman–Crippen LogP) is 18.2. The van der Waals surface area contributed by atoms with Crippen LogP contribution in [-0.4, -0.2) is 37.2 Å². The fourth-order valence-corrected chi connectivity index (χ4v) is 7.58. The number of hydrogen-bond donors (Lipinski definition) is 0. The van der Waals surface area contributed by atoms with E-state index in [9.17, 15) is 14.4 Å². The number of allylic oxidation sites excluding steroid dienone is 12. The molecular formula is C59H102O6. The van der Waals surface area contributed by atoms with E-state index >= 15 is 0 Å². The lowest BCUT2D eigenvalue weighted by Gasteiger charge is -2.18. The maximum absolute atomic E-state index is 12.8. The quantitative estimate of drug-likeness (QED) is 0.0262. The number of carbonyl (C=O) groups is 3. The molecule has 0 aromatic heterocycles. The smallest absolute Gasteiger partial charge is 0.306 e. The van der Waals surface area contributed by atoms with Gasteiger partial charge in [-0.15, -0.1) is 0 Å². The fourth-order valence-electron chi connectivity index (χ4n) is 7.58. The van der Waals surface area contributed by atoms with Crippen molar-refractivity contribution >= 4 is 17.9 Å². The number of esters is 3. The third-order valence-electron chi connectivity index (χ3n) is 11.7. The van der Waals surface area contributed by atoms with Gasteiger partial charge in [0, 0.05) is 19.3 Å². The minimum absolute atomic E-state index is 0.0912. The van der Waals surface area contributed by atoms with Crippen LogP contribution in [0.3, 0.4) is 0 Å². The molecule has 0 N–H and O–H groups in total. The highest BCUT2D eigenvalue weighted by Crippen LogP contribution is 2.15. The van der Waals surface area contributed by atoms with Crippen molar-refractivity contribution in [3.05, 3.63) is 72.9 Å². The van der Waals surface area contributed by atoms with Gasteiger partial charge in [-0.2, -0.15) is 0 Å². The van der Waals surface area contributed by atoms with Crippen LogP contribution in [0.4, 0.5) is 0 Å². The molecule has 0 aliphatic rings. The lowest BCUT2D eigenvalue weighted by molar-refractivity contribution is -0.167. The Balaban J connectivity index is 4.29. The zero-order valence-corrected chi connectivity index (χ0v) is 42.7. The van der Waals surface area contributed by atoms with Gasteiger partial charge in [-0.3, -0.25) is 14.4 Å². The van der Waals surface area contributed by atoms with Gasteiger partial charge in [0.05, 0.1) is 0 Å². The Morgan fingerprint density at radius 3 is 0.969 bits per heavy atom. The van der Waals surface area contributed by atoms with Gasteiger partial charge in [-0.05, 0) is 89.9 Å². The summed E-state index contributed by atoms with van der Waals surface area (Å²) in [5, 5.41) is 0. The maximum Gasteiger partial charge on any atom is 0.306 e. The van der Waals surface area contributed by atoms with Crippen molar-refractivity contribution < 1.29 is 28.6 Å². The highest BCUT2D eigenvalue weighted by atomic mass is 16.6. The van der Waals surface area contributed by atoms with Gasteiger partial charge in [0.2, 0.25) is 0 Å². The Hall–Kier alpha value is -3.15. The molecule has 0 saturated heterocycles. The van der Waals surface area contributed by atoms with Gasteiger partial charge >= 0.3 is 17.9 Å². The van der Waals surface area contributed by atoms with Gasteiger partial charge in [0.15, 0.2) is 6.10 Å². The molecule has 0 saturated carbocycles. The summed E-state index contributed by atoms with van der Waals surface area (Å²) in [6.07, 6.45) is 67.6. The number of ether oxygens (including phenoxy) is 3. The molecule has 0 spiro atoms. The van der Waals surface area contributed by atoms with Crippen LogP contribution in [0, 0.1) is 0 Å². The van der Waals surface area contributed by atoms with Gasteiger partial charge in [-0.25, -0.2) is 0 Å². The SMILES string of the molecule is CC/C=C\C/C=C\C/C=C\C/C=C\CCCCC(=O)OC(COC(=O)CCCCCCCCCCC)COC(=O)CCCCCCCCCCCCC/C=C\C/C=C\CCCCCCC. The highest BCUT2D eigenvalue weighted by molar-refractivity contribution is 5.71. The monoisotopic (exact) mass is 907 g/mol. The second-order valence-electron chi connectivity index (χ2n) is 18.1.